The Morgan fingerprint density at radius 1 is 1.16 bits per heavy atom. The van der Waals surface area contributed by atoms with Gasteiger partial charge in [-0.05, 0) is 6.07 Å². The average molecular weight is 360 g/mol. The number of carbonyl (C=O) groups excluding carboxylic acids is 1. The summed E-state index contributed by atoms with van der Waals surface area (Å²) >= 11 is 0. The molecular weight excluding hydrogens is 352 g/mol. The Labute approximate surface area is 135 Å². The van der Waals surface area contributed by atoms with Crippen molar-refractivity contribution in [3.05, 3.63) is 50.5 Å². The summed E-state index contributed by atoms with van der Waals surface area (Å²) < 4.78 is 57.3. The minimum atomic E-state index is -5.05. The minimum absolute atomic E-state index is 0.0533. The van der Waals surface area contributed by atoms with E-state index in [-0.39, 0.29) is 33.4 Å². The number of fused-ring (bicyclic) bond motifs is 1. The van der Waals surface area contributed by atoms with Crippen LogP contribution in [0.2, 0.25) is 0 Å². The van der Waals surface area contributed by atoms with Crippen molar-refractivity contribution < 1.29 is 27.1 Å². The molecule has 3 rings (SSSR count). The summed E-state index contributed by atoms with van der Waals surface area (Å²) in [5.41, 5.74) is -5.48. The quantitative estimate of drug-likeness (QED) is 0.558. The number of nitrogens with one attached hydrogen (secondary N) is 1. The monoisotopic (exact) mass is 360 g/mol. The van der Waals surface area contributed by atoms with Gasteiger partial charge in [0.25, 0.3) is 11.5 Å². The molecular formula is C13H8F4N4O4. The van der Waals surface area contributed by atoms with Crippen molar-refractivity contribution in [1.82, 2.24) is 9.24 Å². The van der Waals surface area contributed by atoms with Crippen LogP contribution in [0.5, 0.6) is 5.75 Å². The molecule has 1 aliphatic heterocycles. The Kier molecular flexibility index (Phi) is 3.55. The van der Waals surface area contributed by atoms with Crippen molar-refractivity contribution in [3.63, 3.8) is 0 Å². The number of carbonyl (C=O) groups is 1. The second kappa shape index (κ2) is 5.36. The zero-order chi connectivity index (χ0) is 18.5. The summed E-state index contributed by atoms with van der Waals surface area (Å²) in [6, 6.07) is 1.74. The van der Waals surface area contributed by atoms with Crippen LogP contribution in [0.1, 0.15) is 5.69 Å². The highest BCUT2D eigenvalue weighted by Crippen LogP contribution is 2.31. The van der Waals surface area contributed by atoms with Crippen molar-refractivity contribution in [2.24, 2.45) is 0 Å². The van der Waals surface area contributed by atoms with Gasteiger partial charge in [0.1, 0.15) is 5.75 Å². The predicted molar refractivity (Wildman–Crippen MR) is 75.5 cm³/mol. The van der Waals surface area contributed by atoms with E-state index in [0.717, 1.165) is 12.1 Å². The minimum Gasteiger partial charge on any atom is -0.481 e. The number of nitrogen functional groups attached to an aromatic ring is 1. The number of benzene rings is 1. The molecule has 1 aromatic heterocycles. The summed E-state index contributed by atoms with van der Waals surface area (Å²) in [4.78, 5) is 35.3. The van der Waals surface area contributed by atoms with E-state index < -0.39 is 40.5 Å². The normalized spacial score (nSPS) is 13.8. The van der Waals surface area contributed by atoms with E-state index in [1.807, 2.05) is 0 Å². The smallest absolute Gasteiger partial charge is 0.433 e. The Morgan fingerprint density at radius 3 is 2.48 bits per heavy atom. The maximum absolute atomic E-state index is 14.2. The maximum Gasteiger partial charge on any atom is 0.433 e. The molecule has 2 aromatic rings. The second-order valence-corrected chi connectivity index (χ2v) is 4.99. The fourth-order valence-electron chi connectivity index (χ4n) is 2.26. The Morgan fingerprint density at radius 2 is 1.84 bits per heavy atom. The lowest BCUT2D eigenvalue weighted by atomic mass is 10.2. The molecule has 0 atom stereocenters. The number of hydrogen-bond acceptors (Lipinski definition) is 5. The zero-order valence-corrected chi connectivity index (χ0v) is 12.1. The van der Waals surface area contributed by atoms with Crippen LogP contribution < -0.4 is 27.1 Å². The van der Waals surface area contributed by atoms with Crippen molar-refractivity contribution in [3.8, 4) is 11.4 Å². The van der Waals surface area contributed by atoms with E-state index in [4.69, 9.17) is 10.6 Å². The van der Waals surface area contributed by atoms with Gasteiger partial charge in [0.15, 0.2) is 18.1 Å². The number of aromatic nitrogens is 2. The number of halogens is 4. The molecule has 1 aromatic carbocycles. The zero-order valence-electron chi connectivity index (χ0n) is 12.1. The molecule has 0 spiro atoms. The summed E-state index contributed by atoms with van der Waals surface area (Å²) in [6.07, 6.45) is -5.05. The first-order chi connectivity index (χ1) is 11.6. The molecule has 0 unspecified atom stereocenters. The molecule has 1 amide bonds. The van der Waals surface area contributed by atoms with Crippen LogP contribution in [-0.4, -0.2) is 21.8 Å². The van der Waals surface area contributed by atoms with Crippen LogP contribution in [0.15, 0.2) is 27.8 Å². The summed E-state index contributed by atoms with van der Waals surface area (Å²) in [7, 11) is 0. The van der Waals surface area contributed by atoms with E-state index in [1.54, 1.807) is 0 Å². The van der Waals surface area contributed by atoms with Gasteiger partial charge in [-0.3, -0.25) is 9.59 Å². The van der Waals surface area contributed by atoms with Gasteiger partial charge in [-0.25, -0.2) is 18.4 Å². The molecule has 132 valence electrons. The molecule has 2 heterocycles. The van der Waals surface area contributed by atoms with Crippen LogP contribution in [0.3, 0.4) is 0 Å². The SMILES string of the molecule is Nn1c(C(F)(F)F)cc(=O)n(-c2cc3c(cc2F)OCC(=O)N3)c1=O. The lowest BCUT2D eigenvalue weighted by Crippen LogP contribution is -2.45. The first-order valence-corrected chi connectivity index (χ1v) is 6.57. The number of amides is 1. The van der Waals surface area contributed by atoms with Crippen molar-refractivity contribution in [2.45, 2.75) is 6.18 Å². The number of rotatable bonds is 1. The predicted octanol–water partition coefficient (Wildman–Crippen LogP) is 0.202. The van der Waals surface area contributed by atoms with Crippen molar-refractivity contribution in [2.75, 3.05) is 17.8 Å². The van der Waals surface area contributed by atoms with Crippen LogP contribution >= 0.6 is 0 Å². The van der Waals surface area contributed by atoms with Gasteiger partial charge < -0.3 is 15.9 Å². The van der Waals surface area contributed by atoms with Gasteiger partial charge in [-0.1, -0.05) is 0 Å². The van der Waals surface area contributed by atoms with Crippen molar-refractivity contribution >= 4 is 11.6 Å². The number of alkyl halides is 3. The van der Waals surface area contributed by atoms with Crippen LogP contribution in [0.25, 0.3) is 5.69 Å². The molecule has 0 saturated heterocycles. The van der Waals surface area contributed by atoms with Gasteiger partial charge in [-0.2, -0.15) is 13.2 Å². The number of anilines is 1. The maximum atomic E-state index is 14.2. The summed E-state index contributed by atoms with van der Waals surface area (Å²) in [5.74, 6) is 3.33. The fourth-order valence-corrected chi connectivity index (χ4v) is 2.26. The van der Waals surface area contributed by atoms with Crippen LogP contribution in [0, 0.1) is 5.82 Å². The molecule has 0 radical (unpaired) electrons. The molecule has 0 aliphatic carbocycles. The molecule has 1 aliphatic rings. The summed E-state index contributed by atoms with van der Waals surface area (Å²) in [6.45, 7) is -0.360. The molecule has 8 nitrogen and oxygen atoms in total. The number of ether oxygens (including phenoxy) is 1. The third kappa shape index (κ3) is 2.70. The third-order valence-electron chi connectivity index (χ3n) is 3.35. The van der Waals surface area contributed by atoms with E-state index in [0.29, 0.717) is 0 Å². The molecule has 0 saturated carbocycles. The van der Waals surface area contributed by atoms with E-state index in [2.05, 4.69) is 5.32 Å². The lowest BCUT2D eigenvalue weighted by Gasteiger charge is -2.20. The first-order valence-electron chi connectivity index (χ1n) is 6.57. The van der Waals surface area contributed by atoms with E-state index >= 15 is 0 Å². The highest BCUT2D eigenvalue weighted by Gasteiger charge is 2.36. The van der Waals surface area contributed by atoms with Gasteiger partial charge in [0.05, 0.1) is 11.4 Å². The average Bonchev–Trinajstić information content (AvgIpc) is 2.50. The van der Waals surface area contributed by atoms with E-state index in [1.165, 1.54) is 0 Å². The Bertz CT molecular complexity index is 1010. The van der Waals surface area contributed by atoms with Gasteiger partial charge >= 0.3 is 11.9 Å². The summed E-state index contributed by atoms with van der Waals surface area (Å²) in [5, 5.41) is 2.32. The van der Waals surface area contributed by atoms with Gasteiger partial charge in [0, 0.05) is 12.1 Å². The third-order valence-corrected chi connectivity index (χ3v) is 3.35. The van der Waals surface area contributed by atoms with Gasteiger partial charge in [0.2, 0.25) is 0 Å². The Hall–Kier alpha value is -3.31. The molecule has 0 fully saturated rings. The molecule has 12 heteroatoms. The standard InChI is InChI=1S/C13H8F4N4O4/c14-5-1-8-6(19-10(22)4-25-8)2-7(5)20-11(23)3-9(13(15,16)17)21(18)12(20)24/h1-3H,4,18H2,(H,19,22). The topological polar surface area (TPSA) is 108 Å². The Balaban J connectivity index is 2.26. The molecule has 0 bridgehead atoms. The highest BCUT2D eigenvalue weighted by atomic mass is 19.4. The molecule has 25 heavy (non-hydrogen) atoms. The largest absolute Gasteiger partial charge is 0.481 e. The number of hydrogen-bond donors (Lipinski definition) is 2. The fraction of sp³-hybridized carbons (Fsp3) is 0.154. The van der Waals surface area contributed by atoms with Crippen molar-refractivity contribution in [1.29, 1.82) is 0 Å². The van der Waals surface area contributed by atoms with Gasteiger partial charge in [-0.15, -0.1) is 0 Å². The number of nitrogens with two attached hydrogens (primary N) is 1. The second-order valence-electron chi connectivity index (χ2n) is 4.99. The van der Waals surface area contributed by atoms with Crippen LogP contribution in [-0.2, 0) is 11.0 Å². The first kappa shape index (κ1) is 16.5. The lowest BCUT2D eigenvalue weighted by molar-refractivity contribution is -0.143. The van der Waals surface area contributed by atoms with E-state index in [9.17, 15) is 31.9 Å². The number of nitrogens with zero attached hydrogens (tertiary/aromatic N) is 2. The molecule has 3 N–H and O–H groups in total. The highest BCUT2D eigenvalue weighted by molar-refractivity contribution is 5.95. The van der Waals surface area contributed by atoms with Crippen LogP contribution in [0.4, 0.5) is 23.2 Å².